The lowest BCUT2D eigenvalue weighted by Gasteiger charge is -1.97. The fraction of sp³-hybridized carbons (Fsp3) is 0.636. The van der Waals surface area contributed by atoms with Crippen LogP contribution in [0, 0.1) is 0 Å². The highest BCUT2D eigenvalue weighted by Gasteiger charge is 2.05. The van der Waals surface area contributed by atoms with Crippen LogP contribution in [0.4, 0.5) is 0 Å². The molecule has 0 N–H and O–H groups in total. The molecule has 0 aliphatic carbocycles. The van der Waals surface area contributed by atoms with Gasteiger partial charge in [0.2, 0.25) is 0 Å². The topological polar surface area (TPSA) is 48.4 Å². The maximum Gasteiger partial charge on any atom is 0.305 e. The molecule has 0 unspecified atom stereocenters. The van der Waals surface area contributed by atoms with E-state index in [-0.39, 0.29) is 5.97 Å². The second-order valence-corrected chi connectivity index (χ2v) is 4.35. The number of aryl methyl sites for hydroxylation is 2. The summed E-state index contributed by atoms with van der Waals surface area (Å²) in [5, 5.41) is 3.11. The molecule has 0 bridgehead atoms. The zero-order valence-corrected chi connectivity index (χ0v) is 10.5. The lowest BCUT2D eigenvalue weighted by atomic mass is 10.2. The molecular formula is C11H17NO3S. The zero-order chi connectivity index (χ0) is 11.8. The van der Waals surface area contributed by atoms with Crippen LogP contribution >= 0.6 is 11.3 Å². The van der Waals surface area contributed by atoms with E-state index in [0.29, 0.717) is 12.8 Å². The largest absolute Gasteiger partial charge is 0.469 e. The molecule has 0 radical (unpaired) electrons. The summed E-state index contributed by atoms with van der Waals surface area (Å²) in [6, 6.07) is 0. The van der Waals surface area contributed by atoms with Gasteiger partial charge < -0.3 is 9.47 Å². The number of hydrogen-bond acceptors (Lipinski definition) is 5. The summed E-state index contributed by atoms with van der Waals surface area (Å²) in [6.45, 7) is 0.761. The van der Waals surface area contributed by atoms with Crippen molar-refractivity contribution >= 4 is 17.3 Å². The van der Waals surface area contributed by atoms with Crippen LogP contribution in [0.2, 0.25) is 0 Å². The Morgan fingerprint density at radius 2 is 2.25 bits per heavy atom. The average Bonchev–Trinajstić information content (AvgIpc) is 2.74. The molecule has 1 aromatic heterocycles. The number of carbonyl (C=O) groups excluding carboxylic acids is 1. The summed E-state index contributed by atoms with van der Waals surface area (Å²) < 4.78 is 9.56. The summed E-state index contributed by atoms with van der Waals surface area (Å²) in [4.78, 5) is 15.4. The van der Waals surface area contributed by atoms with Gasteiger partial charge in [-0.15, -0.1) is 11.3 Å². The normalized spacial score (nSPS) is 10.4. The SMILES string of the molecule is COCCCc1nc(CCC(=O)OC)cs1. The number of aromatic nitrogens is 1. The van der Waals surface area contributed by atoms with Crippen LogP contribution in [0.15, 0.2) is 5.38 Å². The molecule has 4 nitrogen and oxygen atoms in total. The summed E-state index contributed by atoms with van der Waals surface area (Å²) >= 11 is 1.64. The Kier molecular flexibility index (Phi) is 6.03. The monoisotopic (exact) mass is 243 g/mol. The molecule has 0 amide bonds. The summed E-state index contributed by atoms with van der Waals surface area (Å²) in [5.41, 5.74) is 0.975. The highest BCUT2D eigenvalue weighted by atomic mass is 32.1. The molecule has 0 aliphatic heterocycles. The van der Waals surface area contributed by atoms with Gasteiger partial charge in [0.05, 0.1) is 24.2 Å². The maximum absolute atomic E-state index is 10.9. The Morgan fingerprint density at radius 1 is 1.44 bits per heavy atom. The fourth-order valence-electron chi connectivity index (χ4n) is 1.28. The number of rotatable bonds is 7. The van der Waals surface area contributed by atoms with E-state index >= 15 is 0 Å². The summed E-state index contributed by atoms with van der Waals surface area (Å²) in [5.74, 6) is -0.186. The van der Waals surface area contributed by atoms with E-state index in [1.165, 1.54) is 7.11 Å². The van der Waals surface area contributed by atoms with Crippen LogP contribution in [-0.2, 0) is 27.1 Å². The molecule has 1 aromatic rings. The molecule has 90 valence electrons. The number of hydrogen-bond donors (Lipinski definition) is 0. The smallest absolute Gasteiger partial charge is 0.305 e. The van der Waals surface area contributed by atoms with Crippen LogP contribution in [-0.4, -0.2) is 31.8 Å². The van der Waals surface area contributed by atoms with E-state index in [4.69, 9.17) is 4.74 Å². The fourth-order valence-corrected chi connectivity index (χ4v) is 2.15. The first-order valence-electron chi connectivity index (χ1n) is 5.25. The molecule has 1 heterocycles. The number of ether oxygens (including phenoxy) is 2. The molecule has 1 rings (SSSR count). The van der Waals surface area contributed by atoms with E-state index in [1.807, 2.05) is 5.38 Å². The standard InChI is InChI=1S/C11H17NO3S/c1-14-7-3-4-10-12-9(8-16-10)5-6-11(13)15-2/h8H,3-7H2,1-2H3. The van der Waals surface area contributed by atoms with E-state index < -0.39 is 0 Å². The van der Waals surface area contributed by atoms with Gasteiger partial charge in [0.25, 0.3) is 0 Å². The third kappa shape index (κ3) is 4.72. The van der Waals surface area contributed by atoms with Gasteiger partial charge in [0.1, 0.15) is 0 Å². The third-order valence-electron chi connectivity index (χ3n) is 2.15. The first-order valence-corrected chi connectivity index (χ1v) is 6.13. The number of carbonyl (C=O) groups is 1. The molecule has 0 fully saturated rings. The first-order chi connectivity index (χ1) is 7.76. The summed E-state index contributed by atoms with van der Waals surface area (Å²) in [6.07, 6.45) is 2.99. The molecule has 5 heteroatoms. The van der Waals surface area contributed by atoms with Crippen molar-refractivity contribution in [3.8, 4) is 0 Å². The maximum atomic E-state index is 10.9. The Bertz CT molecular complexity index is 325. The first kappa shape index (κ1) is 13.1. The average molecular weight is 243 g/mol. The van der Waals surface area contributed by atoms with E-state index in [9.17, 15) is 4.79 Å². The molecule has 0 aliphatic rings. The van der Waals surface area contributed by atoms with Crippen molar-refractivity contribution in [3.63, 3.8) is 0 Å². The van der Waals surface area contributed by atoms with Gasteiger partial charge in [-0.2, -0.15) is 0 Å². The molecular weight excluding hydrogens is 226 g/mol. The van der Waals surface area contributed by atoms with Gasteiger partial charge in [0.15, 0.2) is 0 Å². The van der Waals surface area contributed by atoms with Gasteiger partial charge in [-0.05, 0) is 6.42 Å². The van der Waals surface area contributed by atoms with E-state index in [0.717, 1.165) is 30.2 Å². The van der Waals surface area contributed by atoms with Crippen LogP contribution in [0.3, 0.4) is 0 Å². The van der Waals surface area contributed by atoms with Gasteiger partial charge in [0, 0.05) is 31.9 Å². The highest BCUT2D eigenvalue weighted by Crippen LogP contribution is 2.13. The quantitative estimate of drug-likeness (QED) is 0.541. The Balaban J connectivity index is 2.30. The third-order valence-corrected chi connectivity index (χ3v) is 3.11. The van der Waals surface area contributed by atoms with Crippen LogP contribution in [0.25, 0.3) is 0 Å². The van der Waals surface area contributed by atoms with Crippen molar-refractivity contribution < 1.29 is 14.3 Å². The van der Waals surface area contributed by atoms with Crippen molar-refractivity contribution in [1.29, 1.82) is 0 Å². The molecule has 16 heavy (non-hydrogen) atoms. The lowest BCUT2D eigenvalue weighted by molar-refractivity contribution is -0.140. The van der Waals surface area contributed by atoms with Crippen molar-refractivity contribution in [2.45, 2.75) is 25.7 Å². The van der Waals surface area contributed by atoms with Crippen LogP contribution < -0.4 is 0 Å². The van der Waals surface area contributed by atoms with E-state index in [1.54, 1.807) is 18.4 Å². The van der Waals surface area contributed by atoms with Crippen LogP contribution in [0.5, 0.6) is 0 Å². The minimum Gasteiger partial charge on any atom is -0.469 e. The molecule has 0 atom stereocenters. The van der Waals surface area contributed by atoms with E-state index in [2.05, 4.69) is 9.72 Å². The number of methoxy groups -OCH3 is 2. The Labute approximate surface area is 99.6 Å². The van der Waals surface area contributed by atoms with Crippen molar-refractivity contribution in [1.82, 2.24) is 4.98 Å². The Morgan fingerprint density at radius 3 is 2.94 bits per heavy atom. The highest BCUT2D eigenvalue weighted by molar-refractivity contribution is 7.09. The molecule has 0 spiro atoms. The van der Waals surface area contributed by atoms with Gasteiger partial charge in [-0.1, -0.05) is 0 Å². The van der Waals surface area contributed by atoms with Gasteiger partial charge in [-0.25, -0.2) is 4.98 Å². The minimum atomic E-state index is -0.186. The Hall–Kier alpha value is -0.940. The minimum absolute atomic E-state index is 0.186. The predicted octanol–water partition coefficient (Wildman–Crippen LogP) is 1.83. The molecule has 0 saturated carbocycles. The zero-order valence-electron chi connectivity index (χ0n) is 9.69. The number of nitrogens with zero attached hydrogens (tertiary/aromatic N) is 1. The second kappa shape index (κ2) is 7.35. The van der Waals surface area contributed by atoms with Gasteiger partial charge >= 0.3 is 5.97 Å². The summed E-state index contributed by atoms with van der Waals surface area (Å²) in [7, 11) is 3.10. The number of thiazole rings is 1. The molecule has 0 saturated heterocycles. The van der Waals surface area contributed by atoms with Crippen LogP contribution in [0.1, 0.15) is 23.5 Å². The van der Waals surface area contributed by atoms with Crippen molar-refractivity contribution in [2.24, 2.45) is 0 Å². The predicted molar refractivity (Wildman–Crippen MR) is 62.6 cm³/mol. The lowest BCUT2D eigenvalue weighted by Crippen LogP contribution is -2.02. The molecule has 0 aromatic carbocycles. The second-order valence-electron chi connectivity index (χ2n) is 3.41. The van der Waals surface area contributed by atoms with Gasteiger partial charge in [-0.3, -0.25) is 4.79 Å². The van der Waals surface area contributed by atoms with Crippen molar-refractivity contribution in [2.75, 3.05) is 20.8 Å². The number of esters is 1. The van der Waals surface area contributed by atoms with Crippen molar-refractivity contribution in [3.05, 3.63) is 16.1 Å².